The molecule has 20 heavy (non-hydrogen) atoms. The van der Waals surface area contributed by atoms with Crippen LogP contribution in [0.2, 0.25) is 0 Å². The number of halogens is 3. The van der Waals surface area contributed by atoms with Gasteiger partial charge in [-0.15, -0.1) is 0 Å². The molecule has 0 aliphatic heterocycles. The van der Waals surface area contributed by atoms with Gasteiger partial charge in [0.1, 0.15) is 0 Å². The van der Waals surface area contributed by atoms with Crippen LogP contribution < -0.4 is 5.32 Å². The van der Waals surface area contributed by atoms with Gasteiger partial charge in [0.05, 0.1) is 6.04 Å². The highest BCUT2D eigenvalue weighted by Crippen LogP contribution is 2.32. The van der Waals surface area contributed by atoms with Gasteiger partial charge in [-0.05, 0) is 54.4 Å². The smallest absolute Gasteiger partial charge is 0.0588 e. The highest BCUT2D eigenvalue weighted by atomic mass is 79.9. The maximum atomic E-state index is 3.66. The van der Waals surface area contributed by atoms with Gasteiger partial charge < -0.3 is 5.32 Å². The molecule has 0 radical (unpaired) electrons. The standard InChI is InChI=1S/C16H16Br3N/c1-3-20-16(11-5-4-10(2)15(19)8-11)13-9-12(17)6-7-14(13)18/h4-9,16,20H,3H2,1-2H3. The molecule has 0 aliphatic carbocycles. The Morgan fingerprint density at radius 1 is 1.00 bits per heavy atom. The van der Waals surface area contributed by atoms with Gasteiger partial charge in [-0.1, -0.05) is 66.8 Å². The first-order valence-electron chi connectivity index (χ1n) is 6.47. The monoisotopic (exact) mass is 459 g/mol. The molecule has 1 N–H and O–H groups in total. The third-order valence-electron chi connectivity index (χ3n) is 3.21. The quantitative estimate of drug-likeness (QED) is 0.590. The first-order chi connectivity index (χ1) is 9.52. The zero-order valence-electron chi connectivity index (χ0n) is 11.4. The van der Waals surface area contributed by atoms with E-state index in [0.29, 0.717) is 0 Å². The van der Waals surface area contributed by atoms with Crippen molar-refractivity contribution in [3.05, 3.63) is 66.5 Å². The molecule has 1 unspecified atom stereocenters. The van der Waals surface area contributed by atoms with Crippen molar-refractivity contribution in [2.45, 2.75) is 19.9 Å². The number of hydrogen-bond acceptors (Lipinski definition) is 1. The molecule has 0 bridgehead atoms. The van der Waals surface area contributed by atoms with Gasteiger partial charge in [0.25, 0.3) is 0 Å². The Kier molecular flexibility index (Phi) is 5.84. The first-order valence-corrected chi connectivity index (χ1v) is 8.85. The molecule has 4 heteroatoms. The number of nitrogens with one attached hydrogen (secondary N) is 1. The van der Waals surface area contributed by atoms with Crippen LogP contribution in [-0.2, 0) is 0 Å². The van der Waals surface area contributed by atoms with Gasteiger partial charge in [0.15, 0.2) is 0 Å². The van der Waals surface area contributed by atoms with Crippen molar-refractivity contribution in [1.82, 2.24) is 5.32 Å². The molecule has 0 heterocycles. The largest absolute Gasteiger partial charge is 0.306 e. The van der Waals surface area contributed by atoms with Crippen LogP contribution in [0.3, 0.4) is 0 Å². The molecule has 2 aromatic carbocycles. The molecule has 106 valence electrons. The molecule has 0 amide bonds. The fraction of sp³-hybridized carbons (Fsp3) is 0.250. The molecule has 0 spiro atoms. The third kappa shape index (κ3) is 3.73. The van der Waals surface area contributed by atoms with E-state index in [1.807, 2.05) is 6.07 Å². The highest BCUT2D eigenvalue weighted by Gasteiger charge is 2.17. The summed E-state index contributed by atoms with van der Waals surface area (Å²) in [4.78, 5) is 0. The van der Waals surface area contributed by atoms with Crippen LogP contribution in [0.4, 0.5) is 0 Å². The van der Waals surface area contributed by atoms with E-state index in [4.69, 9.17) is 0 Å². The minimum Gasteiger partial charge on any atom is -0.306 e. The van der Waals surface area contributed by atoms with Gasteiger partial charge in [-0.25, -0.2) is 0 Å². The fourth-order valence-electron chi connectivity index (χ4n) is 2.14. The molecule has 2 rings (SSSR count). The molecule has 2 aromatic rings. The lowest BCUT2D eigenvalue weighted by Gasteiger charge is -2.21. The summed E-state index contributed by atoms with van der Waals surface area (Å²) in [6.07, 6.45) is 0. The van der Waals surface area contributed by atoms with E-state index < -0.39 is 0 Å². The molecule has 1 nitrogen and oxygen atoms in total. The van der Waals surface area contributed by atoms with Crippen molar-refractivity contribution in [2.75, 3.05) is 6.54 Å². The topological polar surface area (TPSA) is 12.0 Å². The van der Waals surface area contributed by atoms with Crippen molar-refractivity contribution in [2.24, 2.45) is 0 Å². The summed E-state index contributed by atoms with van der Waals surface area (Å²) in [6.45, 7) is 5.14. The van der Waals surface area contributed by atoms with Crippen LogP contribution in [0.1, 0.15) is 29.7 Å². The van der Waals surface area contributed by atoms with E-state index in [2.05, 4.69) is 97.3 Å². The zero-order valence-corrected chi connectivity index (χ0v) is 16.1. The van der Waals surface area contributed by atoms with Crippen molar-refractivity contribution >= 4 is 47.8 Å². The molecule has 1 atom stereocenters. The third-order valence-corrected chi connectivity index (χ3v) is 5.28. The van der Waals surface area contributed by atoms with Crippen LogP contribution in [0.5, 0.6) is 0 Å². The number of rotatable bonds is 4. The average molecular weight is 462 g/mol. The minimum absolute atomic E-state index is 0.170. The Bertz CT molecular complexity index is 611. The van der Waals surface area contributed by atoms with Gasteiger partial charge in [0, 0.05) is 13.4 Å². The summed E-state index contributed by atoms with van der Waals surface area (Å²) in [5, 5.41) is 3.56. The second-order valence-electron chi connectivity index (χ2n) is 4.67. The number of benzene rings is 2. The van der Waals surface area contributed by atoms with Gasteiger partial charge >= 0.3 is 0 Å². The SMILES string of the molecule is CCNC(c1ccc(C)c(Br)c1)c1cc(Br)ccc1Br. The van der Waals surface area contributed by atoms with Crippen LogP contribution in [0.25, 0.3) is 0 Å². The van der Waals surface area contributed by atoms with Crippen LogP contribution in [0, 0.1) is 6.92 Å². The van der Waals surface area contributed by atoms with E-state index in [-0.39, 0.29) is 6.04 Å². The minimum atomic E-state index is 0.170. The predicted molar refractivity (Wildman–Crippen MR) is 96.2 cm³/mol. The Morgan fingerprint density at radius 2 is 1.75 bits per heavy atom. The summed E-state index contributed by atoms with van der Waals surface area (Å²) in [7, 11) is 0. The van der Waals surface area contributed by atoms with E-state index in [1.165, 1.54) is 16.7 Å². The summed E-state index contributed by atoms with van der Waals surface area (Å²) < 4.78 is 3.34. The Morgan fingerprint density at radius 3 is 2.40 bits per heavy atom. The van der Waals surface area contributed by atoms with Gasteiger partial charge in [-0.2, -0.15) is 0 Å². The Hall–Kier alpha value is -0.160. The summed E-state index contributed by atoms with van der Waals surface area (Å²) >= 11 is 10.8. The van der Waals surface area contributed by atoms with Crippen LogP contribution >= 0.6 is 47.8 Å². The summed E-state index contributed by atoms with van der Waals surface area (Å²) in [5.41, 5.74) is 3.73. The van der Waals surface area contributed by atoms with Gasteiger partial charge in [0.2, 0.25) is 0 Å². The predicted octanol–water partition coefficient (Wildman–Crippen LogP) is 5.98. The molecular formula is C16H16Br3N. The lowest BCUT2D eigenvalue weighted by molar-refractivity contribution is 0.628. The Labute approximate surface area is 145 Å². The normalized spacial score (nSPS) is 12.4. The van der Waals surface area contributed by atoms with Crippen molar-refractivity contribution < 1.29 is 0 Å². The van der Waals surface area contributed by atoms with Crippen molar-refractivity contribution in [3.8, 4) is 0 Å². The Balaban J connectivity index is 2.49. The maximum absolute atomic E-state index is 3.66. The molecule has 0 aromatic heterocycles. The summed E-state index contributed by atoms with van der Waals surface area (Å²) in [6, 6.07) is 13.0. The molecule has 0 saturated heterocycles. The van der Waals surface area contributed by atoms with Crippen LogP contribution in [0.15, 0.2) is 49.8 Å². The molecule has 0 saturated carbocycles. The van der Waals surface area contributed by atoms with Crippen LogP contribution in [-0.4, -0.2) is 6.54 Å². The second-order valence-corrected chi connectivity index (χ2v) is 7.29. The lowest BCUT2D eigenvalue weighted by Crippen LogP contribution is -2.22. The van der Waals surface area contributed by atoms with E-state index >= 15 is 0 Å². The zero-order chi connectivity index (χ0) is 14.7. The second kappa shape index (κ2) is 7.21. The molecule has 0 fully saturated rings. The summed E-state index contributed by atoms with van der Waals surface area (Å²) in [5.74, 6) is 0. The highest BCUT2D eigenvalue weighted by molar-refractivity contribution is 9.11. The maximum Gasteiger partial charge on any atom is 0.0588 e. The van der Waals surface area contributed by atoms with Gasteiger partial charge in [-0.3, -0.25) is 0 Å². The molecular weight excluding hydrogens is 446 g/mol. The van der Waals surface area contributed by atoms with E-state index in [9.17, 15) is 0 Å². The van der Waals surface area contributed by atoms with E-state index in [0.717, 1.165) is 20.0 Å². The van der Waals surface area contributed by atoms with Crippen molar-refractivity contribution in [1.29, 1.82) is 0 Å². The number of aryl methyl sites for hydroxylation is 1. The fourth-order valence-corrected chi connectivity index (χ4v) is 3.39. The average Bonchev–Trinajstić information content (AvgIpc) is 2.42. The van der Waals surface area contributed by atoms with Crippen molar-refractivity contribution in [3.63, 3.8) is 0 Å². The number of hydrogen-bond donors (Lipinski definition) is 1. The lowest BCUT2D eigenvalue weighted by atomic mass is 9.98. The first kappa shape index (κ1) is 16.2. The molecule has 0 aliphatic rings. The van der Waals surface area contributed by atoms with E-state index in [1.54, 1.807) is 0 Å².